The van der Waals surface area contributed by atoms with Gasteiger partial charge < -0.3 is 29.3 Å². The highest BCUT2D eigenvalue weighted by molar-refractivity contribution is 6.07. The number of para-hydroxylation sites is 2. The molecule has 3 heterocycles. The van der Waals surface area contributed by atoms with Gasteiger partial charge >= 0.3 is 0 Å². The summed E-state index contributed by atoms with van der Waals surface area (Å²) in [7, 11) is 3.17. The third-order valence-electron chi connectivity index (χ3n) is 6.94. The number of rotatable bonds is 8. The van der Waals surface area contributed by atoms with Crippen LogP contribution in [0, 0.1) is 0 Å². The standard InChI is InChI=1S/C31H27N3O5/c1-37-21-10-11-26-23(14-21)24(15-27(34-26)29-13-18-6-5-9-28(38-2)30(18)39-29)31(36)33-20(17-35)12-19-16-32-25-8-4-3-7-22(19)25/h3-11,13-16,20,32,35H,12,17H2,1-2H3,(H,33,36)/t20-/m1/s1. The fourth-order valence-electron chi connectivity index (χ4n) is 4.96. The number of carbonyl (C=O) groups excluding carboxylic acids is 1. The van der Waals surface area contributed by atoms with Crippen molar-refractivity contribution >= 4 is 38.7 Å². The van der Waals surface area contributed by atoms with E-state index in [0.717, 1.165) is 21.9 Å². The Labute approximate surface area is 224 Å². The topological polar surface area (TPSA) is 110 Å². The minimum Gasteiger partial charge on any atom is -0.497 e. The van der Waals surface area contributed by atoms with Crippen molar-refractivity contribution in [2.24, 2.45) is 0 Å². The molecule has 0 fully saturated rings. The molecule has 1 amide bonds. The summed E-state index contributed by atoms with van der Waals surface area (Å²) in [5.74, 6) is 1.41. The molecule has 6 rings (SSSR count). The van der Waals surface area contributed by atoms with Crippen molar-refractivity contribution in [3.8, 4) is 23.0 Å². The maximum Gasteiger partial charge on any atom is 0.252 e. The molecule has 0 aliphatic rings. The van der Waals surface area contributed by atoms with Crippen LogP contribution < -0.4 is 14.8 Å². The zero-order valence-electron chi connectivity index (χ0n) is 21.5. The molecule has 0 saturated carbocycles. The quantitative estimate of drug-likeness (QED) is 0.245. The Kier molecular flexibility index (Phi) is 6.38. The minimum atomic E-state index is -0.496. The second kappa shape index (κ2) is 10.2. The first kappa shape index (κ1) is 24.5. The first-order valence-electron chi connectivity index (χ1n) is 12.6. The summed E-state index contributed by atoms with van der Waals surface area (Å²) in [5.41, 5.74) is 4.16. The molecule has 0 bridgehead atoms. The summed E-state index contributed by atoms with van der Waals surface area (Å²) in [6, 6.07) is 22.1. The van der Waals surface area contributed by atoms with Gasteiger partial charge in [0, 0.05) is 27.9 Å². The van der Waals surface area contributed by atoms with E-state index < -0.39 is 6.04 Å². The molecular formula is C31H27N3O5. The zero-order valence-corrected chi connectivity index (χ0v) is 21.5. The third-order valence-corrected chi connectivity index (χ3v) is 6.94. The summed E-state index contributed by atoms with van der Waals surface area (Å²) >= 11 is 0. The Morgan fingerprint density at radius 3 is 2.72 bits per heavy atom. The van der Waals surface area contributed by atoms with Crippen LogP contribution in [0.15, 0.2) is 83.4 Å². The molecule has 0 aliphatic carbocycles. The Hall–Kier alpha value is -4.82. The fourth-order valence-corrected chi connectivity index (χ4v) is 4.96. The van der Waals surface area contributed by atoms with Crippen LogP contribution in [-0.4, -0.2) is 47.8 Å². The van der Waals surface area contributed by atoms with Crippen LogP contribution in [-0.2, 0) is 6.42 Å². The highest BCUT2D eigenvalue weighted by atomic mass is 16.5. The normalized spacial score (nSPS) is 12.2. The first-order chi connectivity index (χ1) is 19.1. The lowest BCUT2D eigenvalue weighted by Gasteiger charge is -2.17. The average molecular weight is 522 g/mol. The highest BCUT2D eigenvalue weighted by Gasteiger charge is 2.21. The van der Waals surface area contributed by atoms with Crippen molar-refractivity contribution in [1.29, 1.82) is 0 Å². The zero-order chi connectivity index (χ0) is 26.9. The lowest BCUT2D eigenvalue weighted by Crippen LogP contribution is -2.39. The van der Waals surface area contributed by atoms with Gasteiger partial charge in [0.2, 0.25) is 0 Å². The number of fused-ring (bicyclic) bond motifs is 3. The van der Waals surface area contributed by atoms with Crippen LogP contribution in [0.5, 0.6) is 11.5 Å². The number of aromatic amines is 1. The van der Waals surface area contributed by atoms with Gasteiger partial charge in [0.25, 0.3) is 5.91 Å². The number of nitrogens with one attached hydrogen (secondary N) is 2. The van der Waals surface area contributed by atoms with E-state index in [1.807, 2.05) is 60.8 Å². The Bertz CT molecular complexity index is 1820. The number of aliphatic hydroxyl groups is 1. The summed E-state index contributed by atoms with van der Waals surface area (Å²) in [4.78, 5) is 21.8. The van der Waals surface area contributed by atoms with Crippen molar-refractivity contribution in [2.45, 2.75) is 12.5 Å². The predicted molar refractivity (Wildman–Crippen MR) is 150 cm³/mol. The number of nitrogens with zero attached hydrogens (tertiary/aromatic N) is 1. The van der Waals surface area contributed by atoms with Gasteiger partial charge in [-0.15, -0.1) is 0 Å². The van der Waals surface area contributed by atoms with Crippen molar-refractivity contribution in [2.75, 3.05) is 20.8 Å². The molecule has 3 aromatic heterocycles. The number of methoxy groups -OCH3 is 2. The molecule has 39 heavy (non-hydrogen) atoms. The van der Waals surface area contributed by atoms with Crippen LogP contribution in [0.4, 0.5) is 0 Å². The average Bonchev–Trinajstić information content (AvgIpc) is 3.60. The Balaban J connectivity index is 1.39. The van der Waals surface area contributed by atoms with Crippen molar-refractivity contribution in [3.63, 3.8) is 0 Å². The summed E-state index contributed by atoms with van der Waals surface area (Å²) < 4.78 is 17.0. The van der Waals surface area contributed by atoms with Gasteiger partial charge in [-0.3, -0.25) is 4.79 Å². The number of hydrogen-bond donors (Lipinski definition) is 3. The number of H-pyrrole nitrogens is 1. The van der Waals surface area contributed by atoms with Gasteiger partial charge in [-0.1, -0.05) is 30.3 Å². The number of aliphatic hydroxyl groups excluding tert-OH is 1. The predicted octanol–water partition coefficient (Wildman–Crippen LogP) is 5.48. The van der Waals surface area contributed by atoms with Gasteiger partial charge in [-0.25, -0.2) is 4.98 Å². The molecule has 196 valence electrons. The SMILES string of the molecule is COc1ccc2nc(-c3cc4cccc(OC)c4o3)cc(C(=O)N[C@@H](CO)Cc3c[nH]c4ccccc34)c2c1. The number of amides is 1. The largest absolute Gasteiger partial charge is 0.497 e. The Morgan fingerprint density at radius 1 is 1.03 bits per heavy atom. The van der Waals surface area contributed by atoms with Gasteiger partial charge in [0.1, 0.15) is 11.4 Å². The number of ether oxygens (including phenoxy) is 2. The maximum atomic E-state index is 13.7. The summed E-state index contributed by atoms with van der Waals surface area (Å²) in [5, 5.41) is 15.7. The lowest BCUT2D eigenvalue weighted by atomic mass is 10.0. The molecular weight excluding hydrogens is 494 g/mol. The third kappa shape index (κ3) is 4.55. The summed E-state index contributed by atoms with van der Waals surface area (Å²) in [6.07, 6.45) is 2.38. The number of carbonyl (C=O) groups is 1. The number of hydrogen-bond acceptors (Lipinski definition) is 6. The lowest BCUT2D eigenvalue weighted by molar-refractivity contribution is 0.0918. The first-order valence-corrected chi connectivity index (χ1v) is 12.6. The smallest absolute Gasteiger partial charge is 0.252 e. The van der Waals surface area contributed by atoms with Crippen LogP contribution in [0.25, 0.3) is 44.2 Å². The van der Waals surface area contributed by atoms with E-state index >= 15 is 0 Å². The van der Waals surface area contributed by atoms with E-state index in [4.69, 9.17) is 18.9 Å². The van der Waals surface area contributed by atoms with Crippen molar-refractivity contribution in [3.05, 3.63) is 90.1 Å². The van der Waals surface area contributed by atoms with Crippen molar-refractivity contribution in [1.82, 2.24) is 15.3 Å². The number of furan rings is 1. The monoisotopic (exact) mass is 521 g/mol. The molecule has 3 aromatic carbocycles. The van der Waals surface area contributed by atoms with Crippen molar-refractivity contribution < 1.29 is 23.8 Å². The molecule has 0 unspecified atom stereocenters. The summed E-state index contributed by atoms with van der Waals surface area (Å²) in [6.45, 7) is -0.214. The van der Waals surface area contributed by atoms with E-state index in [2.05, 4.69) is 10.3 Å². The number of pyridine rings is 1. The number of benzene rings is 3. The maximum absolute atomic E-state index is 13.7. The van der Waals surface area contributed by atoms with Crippen LogP contribution in [0.3, 0.4) is 0 Å². The van der Waals surface area contributed by atoms with Crippen LogP contribution in [0.2, 0.25) is 0 Å². The molecule has 8 nitrogen and oxygen atoms in total. The van der Waals surface area contributed by atoms with Gasteiger partial charge in [0.15, 0.2) is 17.1 Å². The van der Waals surface area contributed by atoms with Crippen LogP contribution >= 0.6 is 0 Å². The second-order valence-corrected chi connectivity index (χ2v) is 9.34. The van der Waals surface area contributed by atoms with Gasteiger partial charge in [-0.2, -0.15) is 0 Å². The van der Waals surface area contributed by atoms with Gasteiger partial charge in [0.05, 0.1) is 37.9 Å². The Morgan fingerprint density at radius 2 is 1.90 bits per heavy atom. The van der Waals surface area contributed by atoms with Crippen LogP contribution in [0.1, 0.15) is 15.9 Å². The van der Waals surface area contributed by atoms with Gasteiger partial charge in [-0.05, 0) is 54.4 Å². The molecule has 0 radical (unpaired) electrons. The minimum absolute atomic E-state index is 0.214. The molecule has 1 atom stereocenters. The molecule has 0 saturated heterocycles. The van der Waals surface area contributed by atoms with E-state index in [-0.39, 0.29) is 12.5 Å². The molecule has 6 aromatic rings. The fraction of sp³-hybridized carbons (Fsp3) is 0.161. The van der Waals surface area contributed by atoms with E-state index in [1.165, 1.54) is 0 Å². The van der Waals surface area contributed by atoms with E-state index in [0.29, 0.717) is 51.4 Å². The molecule has 0 spiro atoms. The highest BCUT2D eigenvalue weighted by Crippen LogP contribution is 2.34. The number of aromatic nitrogens is 2. The second-order valence-electron chi connectivity index (χ2n) is 9.34. The van der Waals surface area contributed by atoms with E-state index in [1.54, 1.807) is 32.4 Å². The molecule has 8 heteroatoms. The van der Waals surface area contributed by atoms with E-state index in [9.17, 15) is 9.90 Å². The molecule has 3 N–H and O–H groups in total. The molecule has 0 aliphatic heterocycles.